The van der Waals surface area contributed by atoms with Crippen LogP contribution in [0.4, 0.5) is 5.82 Å². The van der Waals surface area contributed by atoms with E-state index in [-0.39, 0.29) is 12.5 Å². The zero-order valence-corrected chi connectivity index (χ0v) is 15.9. The first kappa shape index (κ1) is 18.8. The Labute approximate surface area is 162 Å². The normalized spacial score (nSPS) is 10.5. The van der Waals surface area contributed by atoms with E-state index in [1.807, 2.05) is 43.3 Å². The maximum absolute atomic E-state index is 12.3. The van der Waals surface area contributed by atoms with Crippen molar-refractivity contribution < 1.29 is 14.3 Å². The van der Waals surface area contributed by atoms with Crippen LogP contribution >= 0.6 is 11.6 Å². The Morgan fingerprint density at radius 2 is 2.00 bits per heavy atom. The number of halogens is 1. The molecule has 0 unspecified atom stereocenters. The van der Waals surface area contributed by atoms with Gasteiger partial charge in [-0.2, -0.15) is 5.10 Å². The maximum Gasteiger partial charge on any atom is 0.263 e. The summed E-state index contributed by atoms with van der Waals surface area (Å²) in [5, 5.41) is 7.70. The number of ether oxygens (including phenoxy) is 2. The lowest BCUT2D eigenvalue weighted by Gasteiger charge is -2.12. The van der Waals surface area contributed by atoms with Gasteiger partial charge in [-0.05, 0) is 36.2 Å². The van der Waals surface area contributed by atoms with E-state index in [0.29, 0.717) is 28.9 Å². The van der Waals surface area contributed by atoms with Crippen LogP contribution in [0.2, 0.25) is 5.02 Å². The largest absolute Gasteiger partial charge is 0.493 e. The molecule has 0 aliphatic heterocycles. The summed E-state index contributed by atoms with van der Waals surface area (Å²) in [5.74, 6) is 1.38. The molecule has 27 heavy (non-hydrogen) atoms. The third kappa shape index (κ3) is 4.80. The molecule has 0 aliphatic rings. The molecule has 1 amide bonds. The number of hydrogen-bond donors (Lipinski definition) is 1. The number of methoxy groups -OCH3 is 1. The van der Waals surface area contributed by atoms with E-state index in [0.717, 1.165) is 11.1 Å². The smallest absolute Gasteiger partial charge is 0.263 e. The van der Waals surface area contributed by atoms with Gasteiger partial charge < -0.3 is 14.8 Å². The molecule has 0 spiro atoms. The summed E-state index contributed by atoms with van der Waals surface area (Å²) in [5.41, 5.74) is 1.96. The van der Waals surface area contributed by atoms with Gasteiger partial charge in [-0.15, -0.1) is 0 Å². The zero-order valence-electron chi connectivity index (χ0n) is 15.1. The SMILES string of the molecule is COc1cc(C)ccc1OCC(=O)Nc1ccnn1Cc1ccccc1Cl. The minimum Gasteiger partial charge on any atom is -0.493 e. The summed E-state index contributed by atoms with van der Waals surface area (Å²) in [6.07, 6.45) is 1.62. The topological polar surface area (TPSA) is 65.4 Å². The predicted molar refractivity (Wildman–Crippen MR) is 105 cm³/mol. The summed E-state index contributed by atoms with van der Waals surface area (Å²) in [7, 11) is 1.56. The fraction of sp³-hybridized carbons (Fsp3) is 0.200. The number of rotatable bonds is 7. The average molecular weight is 386 g/mol. The van der Waals surface area contributed by atoms with E-state index >= 15 is 0 Å². The van der Waals surface area contributed by atoms with E-state index in [2.05, 4.69) is 10.4 Å². The van der Waals surface area contributed by atoms with Crippen molar-refractivity contribution in [2.45, 2.75) is 13.5 Å². The van der Waals surface area contributed by atoms with Gasteiger partial charge in [0.2, 0.25) is 0 Å². The van der Waals surface area contributed by atoms with Gasteiger partial charge in [0.15, 0.2) is 18.1 Å². The quantitative estimate of drug-likeness (QED) is 0.669. The van der Waals surface area contributed by atoms with Gasteiger partial charge in [0.05, 0.1) is 19.9 Å². The Hall–Kier alpha value is -2.99. The number of carbonyl (C=O) groups excluding carboxylic acids is 1. The van der Waals surface area contributed by atoms with Crippen LogP contribution in [-0.2, 0) is 11.3 Å². The molecule has 3 aromatic rings. The van der Waals surface area contributed by atoms with E-state index in [1.54, 1.807) is 30.1 Å². The Kier molecular flexibility index (Phi) is 5.98. The predicted octanol–water partition coefficient (Wildman–Crippen LogP) is 3.92. The number of amides is 1. The molecule has 0 radical (unpaired) electrons. The summed E-state index contributed by atoms with van der Waals surface area (Å²) in [6.45, 7) is 2.27. The summed E-state index contributed by atoms with van der Waals surface area (Å²) in [6, 6.07) is 14.8. The Bertz CT molecular complexity index is 940. The van der Waals surface area contributed by atoms with Gasteiger partial charge >= 0.3 is 0 Å². The first-order valence-corrected chi connectivity index (χ1v) is 8.77. The first-order valence-electron chi connectivity index (χ1n) is 8.39. The summed E-state index contributed by atoms with van der Waals surface area (Å²) < 4.78 is 12.5. The van der Waals surface area contributed by atoms with E-state index in [9.17, 15) is 4.79 Å². The molecule has 0 saturated carbocycles. The maximum atomic E-state index is 12.3. The number of hydrogen-bond acceptors (Lipinski definition) is 4. The highest BCUT2D eigenvalue weighted by atomic mass is 35.5. The highest BCUT2D eigenvalue weighted by Gasteiger charge is 2.11. The second-order valence-corrected chi connectivity index (χ2v) is 6.36. The van der Waals surface area contributed by atoms with Crippen molar-refractivity contribution in [1.82, 2.24) is 9.78 Å². The molecular formula is C20H20ClN3O3. The van der Waals surface area contributed by atoms with Gasteiger partial charge in [0.25, 0.3) is 5.91 Å². The van der Waals surface area contributed by atoms with E-state index < -0.39 is 0 Å². The monoisotopic (exact) mass is 385 g/mol. The minimum atomic E-state index is -0.293. The fourth-order valence-corrected chi connectivity index (χ4v) is 2.76. The van der Waals surface area contributed by atoms with E-state index in [1.165, 1.54) is 0 Å². The molecule has 1 N–H and O–H groups in total. The van der Waals surface area contributed by atoms with Crippen molar-refractivity contribution in [2.75, 3.05) is 19.0 Å². The van der Waals surface area contributed by atoms with Crippen LogP contribution in [-0.4, -0.2) is 29.4 Å². The Morgan fingerprint density at radius 3 is 2.78 bits per heavy atom. The second-order valence-electron chi connectivity index (χ2n) is 5.96. The lowest BCUT2D eigenvalue weighted by Crippen LogP contribution is -2.22. The van der Waals surface area contributed by atoms with Crippen molar-refractivity contribution in [3.63, 3.8) is 0 Å². The average Bonchev–Trinajstić information content (AvgIpc) is 3.09. The van der Waals surface area contributed by atoms with Crippen LogP contribution in [0.5, 0.6) is 11.5 Å². The van der Waals surface area contributed by atoms with Crippen molar-refractivity contribution in [1.29, 1.82) is 0 Å². The zero-order chi connectivity index (χ0) is 19.2. The van der Waals surface area contributed by atoms with E-state index in [4.69, 9.17) is 21.1 Å². The molecule has 3 rings (SSSR count). The van der Waals surface area contributed by atoms with Gasteiger partial charge in [-0.25, -0.2) is 4.68 Å². The minimum absolute atomic E-state index is 0.142. The molecule has 0 bridgehead atoms. The van der Waals surface area contributed by atoms with Crippen LogP contribution in [0.3, 0.4) is 0 Å². The number of carbonyl (C=O) groups is 1. The number of nitrogens with one attached hydrogen (secondary N) is 1. The third-order valence-electron chi connectivity index (χ3n) is 3.94. The molecule has 0 fully saturated rings. The third-order valence-corrected chi connectivity index (χ3v) is 4.31. The van der Waals surface area contributed by atoms with Crippen LogP contribution in [0.25, 0.3) is 0 Å². The number of nitrogens with zero attached hydrogens (tertiary/aromatic N) is 2. The van der Waals surface area contributed by atoms with Crippen LogP contribution < -0.4 is 14.8 Å². The summed E-state index contributed by atoms with van der Waals surface area (Å²) in [4.78, 5) is 12.3. The van der Waals surface area contributed by atoms with Crippen LogP contribution in [0, 0.1) is 6.92 Å². The number of anilines is 1. The molecule has 140 valence electrons. The molecular weight excluding hydrogens is 366 g/mol. The molecule has 0 saturated heterocycles. The molecule has 1 aromatic heterocycles. The second kappa shape index (κ2) is 8.60. The van der Waals surface area contributed by atoms with Crippen molar-refractivity contribution >= 4 is 23.3 Å². The lowest BCUT2D eigenvalue weighted by molar-refractivity contribution is -0.118. The van der Waals surface area contributed by atoms with Crippen molar-refractivity contribution in [3.05, 3.63) is 70.9 Å². The molecule has 0 aliphatic carbocycles. The molecule has 7 heteroatoms. The molecule has 0 atom stereocenters. The number of benzene rings is 2. The fourth-order valence-electron chi connectivity index (χ4n) is 2.57. The number of aromatic nitrogens is 2. The van der Waals surface area contributed by atoms with Crippen molar-refractivity contribution in [2.24, 2.45) is 0 Å². The molecule has 6 nitrogen and oxygen atoms in total. The first-order chi connectivity index (χ1) is 13.1. The van der Waals surface area contributed by atoms with Crippen LogP contribution in [0.1, 0.15) is 11.1 Å². The van der Waals surface area contributed by atoms with Gasteiger partial charge in [-0.3, -0.25) is 4.79 Å². The van der Waals surface area contributed by atoms with Gasteiger partial charge in [0, 0.05) is 11.1 Å². The lowest BCUT2D eigenvalue weighted by atomic mass is 10.2. The van der Waals surface area contributed by atoms with Gasteiger partial charge in [0.1, 0.15) is 5.82 Å². The Morgan fingerprint density at radius 1 is 1.19 bits per heavy atom. The molecule has 1 heterocycles. The van der Waals surface area contributed by atoms with Gasteiger partial charge in [-0.1, -0.05) is 35.9 Å². The Balaban J connectivity index is 1.62. The molecule has 2 aromatic carbocycles. The highest BCUT2D eigenvalue weighted by Crippen LogP contribution is 2.27. The van der Waals surface area contributed by atoms with Crippen molar-refractivity contribution in [3.8, 4) is 11.5 Å². The number of aryl methyl sites for hydroxylation is 1. The highest BCUT2D eigenvalue weighted by molar-refractivity contribution is 6.31. The standard InChI is InChI=1S/C20H20ClN3O3/c1-14-7-8-17(18(11-14)26-2)27-13-20(25)23-19-9-10-22-24(19)12-15-5-3-4-6-16(15)21/h3-11H,12-13H2,1-2H3,(H,23,25). The van der Waals surface area contributed by atoms with Crippen LogP contribution in [0.15, 0.2) is 54.7 Å². The summed E-state index contributed by atoms with van der Waals surface area (Å²) >= 11 is 6.20.